The Bertz CT molecular complexity index is 1490. The molecule has 0 fully saturated rings. The molecule has 0 aliphatic carbocycles. The van der Waals surface area contributed by atoms with Crippen LogP contribution in [0.5, 0.6) is 5.75 Å². The Morgan fingerprint density at radius 3 is 2.67 bits per heavy atom. The predicted octanol–water partition coefficient (Wildman–Crippen LogP) is 6.64. The minimum atomic E-state index is -0.610. The first kappa shape index (κ1) is 28.3. The summed E-state index contributed by atoms with van der Waals surface area (Å²) in [5.41, 5.74) is 1.37. The second-order valence-corrected chi connectivity index (χ2v) is 10.3. The number of rotatable bonds is 11. The van der Waals surface area contributed by atoms with E-state index in [0.717, 1.165) is 0 Å². The predicted molar refractivity (Wildman–Crippen MR) is 151 cm³/mol. The number of amides is 1. The van der Waals surface area contributed by atoms with Gasteiger partial charge in [0.25, 0.3) is 0 Å². The molecular weight excluding hydrogens is 563 g/mol. The van der Waals surface area contributed by atoms with E-state index in [1.807, 2.05) is 23.6 Å². The number of allylic oxidation sites excluding steroid dienone is 1. The minimum Gasteiger partial charge on any atom is -0.481 e. The largest absolute Gasteiger partial charge is 0.481 e. The van der Waals surface area contributed by atoms with Crippen LogP contribution in [0.3, 0.4) is 0 Å². The molecular formula is C27H24ClFN4O4S2. The van der Waals surface area contributed by atoms with E-state index in [2.05, 4.69) is 22.1 Å². The van der Waals surface area contributed by atoms with E-state index in [-0.39, 0.29) is 17.2 Å². The molecule has 4 aromatic rings. The van der Waals surface area contributed by atoms with Crippen molar-refractivity contribution in [2.75, 3.05) is 18.2 Å². The van der Waals surface area contributed by atoms with Crippen molar-refractivity contribution in [3.8, 4) is 16.9 Å². The third-order valence-electron chi connectivity index (χ3n) is 5.48. The normalized spacial score (nSPS) is 11.6. The zero-order chi connectivity index (χ0) is 27.9. The zero-order valence-corrected chi connectivity index (χ0v) is 23.4. The van der Waals surface area contributed by atoms with Gasteiger partial charge in [0.2, 0.25) is 5.91 Å². The molecule has 2 aromatic carbocycles. The van der Waals surface area contributed by atoms with E-state index < -0.39 is 17.9 Å². The first-order chi connectivity index (χ1) is 18.8. The highest BCUT2D eigenvalue weighted by atomic mass is 35.5. The smallest absolute Gasteiger partial charge is 0.341 e. The summed E-state index contributed by atoms with van der Waals surface area (Å²) >= 11 is 8.58. The number of benzene rings is 2. The number of esters is 1. The van der Waals surface area contributed by atoms with Crippen LogP contribution in [0.15, 0.2) is 71.7 Å². The average Bonchev–Trinajstić information content (AvgIpc) is 3.53. The number of halogens is 2. The van der Waals surface area contributed by atoms with Crippen LogP contribution in [0.4, 0.5) is 9.39 Å². The van der Waals surface area contributed by atoms with Gasteiger partial charge in [-0.05, 0) is 36.8 Å². The summed E-state index contributed by atoms with van der Waals surface area (Å²) in [5.74, 6) is -0.288. The van der Waals surface area contributed by atoms with Crippen LogP contribution in [0.2, 0.25) is 5.02 Å². The van der Waals surface area contributed by atoms with Crippen molar-refractivity contribution in [2.45, 2.75) is 24.7 Å². The zero-order valence-electron chi connectivity index (χ0n) is 21.0. The first-order valence-electron chi connectivity index (χ1n) is 11.7. The number of nitrogens with zero attached hydrogens (tertiary/aromatic N) is 3. The molecule has 0 saturated heterocycles. The number of aromatic nitrogens is 3. The van der Waals surface area contributed by atoms with E-state index in [1.165, 1.54) is 42.3 Å². The number of para-hydroxylation sites is 1. The van der Waals surface area contributed by atoms with Gasteiger partial charge in [0.15, 0.2) is 17.1 Å². The summed E-state index contributed by atoms with van der Waals surface area (Å²) in [4.78, 5) is 25.4. The lowest BCUT2D eigenvalue weighted by Crippen LogP contribution is -2.17. The van der Waals surface area contributed by atoms with Crippen molar-refractivity contribution < 1.29 is 23.5 Å². The van der Waals surface area contributed by atoms with Gasteiger partial charge in [0, 0.05) is 17.5 Å². The number of carbonyl (C=O) groups is 2. The van der Waals surface area contributed by atoms with Gasteiger partial charge in [-0.1, -0.05) is 53.7 Å². The summed E-state index contributed by atoms with van der Waals surface area (Å²) in [6, 6.07) is 12.9. The van der Waals surface area contributed by atoms with Gasteiger partial charge in [-0.3, -0.25) is 9.36 Å². The second-order valence-electron chi connectivity index (χ2n) is 8.12. The van der Waals surface area contributed by atoms with E-state index in [1.54, 1.807) is 35.7 Å². The lowest BCUT2D eigenvalue weighted by molar-refractivity contribution is -0.113. The molecule has 0 spiro atoms. The lowest BCUT2D eigenvalue weighted by atomic mass is 10.0. The third-order valence-corrected chi connectivity index (χ3v) is 7.66. The number of ether oxygens (including phenoxy) is 2. The third kappa shape index (κ3) is 6.67. The Balaban J connectivity index is 1.48. The number of nitrogens with one attached hydrogen (secondary N) is 1. The maximum absolute atomic E-state index is 13.4. The van der Waals surface area contributed by atoms with Gasteiger partial charge in [0.1, 0.15) is 22.1 Å². The highest BCUT2D eigenvalue weighted by Gasteiger charge is 2.24. The molecule has 39 heavy (non-hydrogen) atoms. The molecule has 1 amide bonds. The van der Waals surface area contributed by atoms with Gasteiger partial charge in [-0.2, -0.15) is 0 Å². The Kier molecular flexibility index (Phi) is 9.39. The quantitative estimate of drug-likeness (QED) is 0.119. The SMILES string of the molecule is C=CCn1c(SCC(=O)Nc2scc(-c3ccc(F)cc3)c2C(=O)OC)nnc1C(C)Oc1ccccc1Cl. The molecule has 1 N–H and O–H groups in total. The van der Waals surface area contributed by atoms with E-state index >= 15 is 0 Å². The molecule has 12 heteroatoms. The molecule has 0 bridgehead atoms. The molecule has 0 saturated carbocycles. The molecule has 1 atom stereocenters. The highest BCUT2D eigenvalue weighted by Crippen LogP contribution is 2.36. The number of thioether (sulfide) groups is 1. The molecule has 0 aliphatic heterocycles. The van der Waals surface area contributed by atoms with E-state index in [4.69, 9.17) is 21.1 Å². The monoisotopic (exact) mass is 586 g/mol. The van der Waals surface area contributed by atoms with Crippen molar-refractivity contribution in [1.29, 1.82) is 0 Å². The van der Waals surface area contributed by atoms with Crippen LogP contribution in [-0.4, -0.2) is 39.5 Å². The Hall–Kier alpha value is -3.67. The molecule has 4 rings (SSSR count). The maximum Gasteiger partial charge on any atom is 0.341 e. The lowest BCUT2D eigenvalue weighted by Gasteiger charge is -2.16. The number of methoxy groups -OCH3 is 1. The Morgan fingerprint density at radius 1 is 1.23 bits per heavy atom. The van der Waals surface area contributed by atoms with Crippen molar-refractivity contribution >= 4 is 51.6 Å². The van der Waals surface area contributed by atoms with Gasteiger partial charge in [-0.15, -0.1) is 28.1 Å². The fourth-order valence-electron chi connectivity index (χ4n) is 3.68. The van der Waals surface area contributed by atoms with Crippen molar-refractivity contribution in [3.05, 3.63) is 88.8 Å². The van der Waals surface area contributed by atoms with Gasteiger partial charge in [-0.25, -0.2) is 9.18 Å². The molecule has 8 nitrogen and oxygen atoms in total. The van der Waals surface area contributed by atoms with Gasteiger partial charge in [0.05, 0.1) is 17.9 Å². The van der Waals surface area contributed by atoms with E-state index in [9.17, 15) is 14.0 Å². The van der Waals surface area contributed by atoms with Crippen molar-refractivity contribution in [2.24, 2.45) is 0 Å². The summed E-state index contributed by atoms with van der Waals surface area (Å²) in [6.07, 6.45) is 1.23. The maximum atomic E-state index is 13.4. The number of hydrogen-bond donors (Lipinski definition) is 1. The fraction of sp³-hybridized carbons (Fsp3) is 0.185. The highest BCUT2D eigenvalue weighted by molar-refractivity contribution is 7.99. The van der Waals surface area contributed by atoms with Crippen molar-refractivity contribution in [3.63, 3.8) is 0 Å². The standard InChI is InChI=1S/C27H24ClFN4O4S2/c1-4-13-33-24(16(2)37-21-8-6-5-7-20(21)28)31-32-27(33)39-15-22(34)30-25-23(26(35)36-3)19(14-38-25)17-9-11-18(29)12-10-17/h4-12,14,16H,1,13,15H2,2-3H3,(H,30,34). The minimum absolute atomic E-state index is 0.000574. The Morgan fingerprint density at radius 2 is 1.97 bits per heavy atom. The van der Waals surface area contributed by atoms with Crippen LogP contribution >= 0.6 is 34.7 Å². The number of hydrogen-bond acceptors (Lipinski definition) is 8. The van der Waals surface area contributed by atoms with Crippen LogP contribution in [0, 0.1) is 5.82 Å². The summed E-state index contributed by atoms with van der Waals surface area (Å²) in [5, 5.41) is 14.3. The molecule has 2 heterocycles. The summed E-state index contributed by atoms with van der Waals surface area (Å²) in [6.45, 7) is 6.04. The average molecular weight is 587 g/mol. The van der Waals surface area contributed by atoms with Crippen LogP contribution in [0.1, 0.15) is 29.2 Å². The van der Waals surface area contributed by atoms with Crippen molar-refractivity contribution in [1.82, 2.24) is 14.8 Å². The summed E-state index contributed by atoms with van der Waals surface area (Å²) in [7, 11) is 1.26. The molecule has 0 radical (unpaired) electrons. The Labute approximate surface area is 237 Å². The topological polar surface area (TPSA) is 95.3 Å². The second kappa shape index (κ2) is 12.9. The van der Waals surface area contributed by atoms with Gasteiger partial charge < -0.3 is 14.8 Å². The number of thiophene rings is 1. The van der Waals surface area contributed by atoms with Crippen LogP contribution in [-0.2, 0) is 16.1 Å². The number of anilines is 1. The molecule has 2 aromatic heterocycles. The molecule has 1 unspecified atom stereocenters. The summed E-state index contributed by atoms with van der Waals surface area (Å²) < 4.78 is 26.1. The van der Waals surface area contributed by atoms with Crippen LogP contribution < -0.4 is 10.1 Å². The molecule has 0 aliphatic rings. The molecule has 202 valence electrons. The fourth-order valence-corrected chi connectivity index (χ4v) is 5.59. The number of carbonyl (C=O) groups excluding carboxylic acids is 2. The van der Waals surface area contributed by atoms with E-state index in [0.29, 0.717) is 44.4 Å². The van der Waals surface area contributed by atoms with Crippen LogP contribution in [0.25, 0.3) is 11.1 Å². The first-order valence-corrected chi connectivity index (χ1v) is 13.9. The van der Waals surface area contributed by atoms with Gasteiger partial charge >= 0.3 is 5.97 Å².